The van der Waals surface area contributed by atoms with Crippen molar-refractivity contribution >= 4 is 16.7 Å². The first-order valence-electron chi connectivity index (χ1n) is 13.2. The molecule has 1 aromatic rings. The number of rotatable bonds is 10. The van der Waals surface area contributed by atoms with Crippen LogP contribution in [0, 0.1) is 5.92 Å². The molecular formula is C33H53N. The Kier molecular flexibility index (Phi) is 26.4. The normalized spacial score (nSPS) is 11.8. The Balaban J connectivity index is -0.00000148. The van der Waals surface area contributed by atoms with Crippen molar-refractivity contribution in [1.82, 2.24) is 4.98 Å². The highest BCUT2D eigenvalue weighted by molar-refractivity contribution is 5.82. The van der Waals surface area contributed by atoms with Gasteiger partial charge in [-0.05, 0) is 60.1 Å². The Labute approximate surface area is 213 Å². The monoisotopic (exact) mass is 463 g/mol. The van der Waals surface area contributed by atoms with Crippen molar-refractivity contribution in [3.8, 4) is 0 Å². The molecule has 0 aromatic carbocycles. The number of allylic oxidation sites excluding steroid dienone is 12. The Hall–Kier alpha value is -2.67. The van der Waals surface area contributed by atoms with E-state index in [-0.39, 0.29) is 0 Å². The van der Waals surface area contributed by atoms with Crippen molar-refractivity contribution in [2.45, 2.75) is 89.0 Å². The van der Waals surface area contributed by atoms with Crippen LogP contribution in [0.1, 0.15) is 106 Å². The van der Waals surface area contributed by atoms with Crippen LogP contribution in [0.2, 0.25) is 0 Å². The van der Waals surface area contributed by atoms with Gasteiger partial charge in [0.15, 0.2) is 0 Å². The maximum Gasteiger partial charge on any atom is 0.0712 e. The van der Waals surface area contributed by atoms with Crippen LogP contribution in [-0.4, -0.2) is 4.98 Å². The first kappa shape index (κ1) is 35.9. The molecule has 1 heterocycles. The van der Waals surface area contributed by atoms with Crippen molar-refractivity contribution in [1.29, 1.82) is 0 Å². The van der Waals surface area contributed by atoms with Gasteiger partial charge in [0.2, 0.25) is 0 Å². The van der Waals surface area contributed by atoms with Gasteiger partial charge in [0.25, 0.3) is 0 Å². The van der Waals surface area contributed by atoms with Crippen molar-refractivity contribution in [3.05, 3.63) is 96.9 Å². The molecule has 0 spiro atoms. The van der Waals surface area contributed by atoms with Crippen LogP contribution < -0.4 is 0 Å². The summed E-state index contributed by atoms with van der Waals surface area (Å²) in [6, 6.07) is 4.30. The molecule has 0 aliphatic carbocycles. The minimum atomic E-state index is 0.422. The molecule has 1 aromatic heterocycles. The van der Waals surface area contributed by atoms with E-state index in [9.17, 15) is 0 Å². The standard InChI is InChI=1S/C27H35N.3C2H6/c1-8-13-17-24(16-11-4)27-20-25(23(14-9-2)15-10-3)19-26(28-27)22(12-5)18-21(6)7;3*1-2/h9-10,12-21H,2,5,8,11H2,1,3-4,6-7H3;3*1-2H3/b15-10-,17-13-,22-18+,23-14+,24-16+;;;. The maximum atomic E-state index is 5.00. The van der Waals surface area contributed by atoms with Gasteiger partial charge in [-0.25, -0.2) is 4.98 Å². The molecule has 0 aliphatic heterocycles. The van der Waals surface area contributed by atoms with Gasteiger partial charge in [0.1, 0.15) is 0 Å². The molecule has 0 N–H and O–H groups in total. The smallest absolute Gasteiger partial charge is 0.0712 e. The van der Waals surface area contributed by atoms with Crippen molar-refractivity contribution in [3.63, 3.8) is 0 Å². The van der Waals surface area contributed by atoms with E-state index in [1.165, 1.54) is 0 Å². The molecule has 34 heavy (non-hydrogen) atoms. The first-order valence-corrected chi connectivity index (χ1v) is 13.2. The lowest BCUT2D eigenvalue weighted by Crippen LogP contribution is -1.98. The second kappa shape index (κ2) is 25.0. The largest absolute Gasteiger partial charge is 0.248 e. The Morgan fingerprint density at radius 2 is 1.41 bits per heavy atom. The van der Waals surface area contributed by atoms with Gasteiger partial charge < -0.3 is 0 Å². The molecule has 0 bridgehead atoms. The van der Waals surface area contributed by atoms with Crippen LogP contribution in [0.15, 0.2) is 80.0 Å². The van der Waals surface area contributed by atoms with Crippen LogP contribution in [0.5, 0.6) is 0 Å². The fourth-order valence-electron chi connectivity index (χ4n) is 2.89. The molecule has 1 heteroatoms. The maximum absolute atomic E-state index is 5.00. The third-order valence-electron chi connectivity index (χ3n) is 4.08. The van der Waals surface area contributed by atoms with Gasteiger partial charge in [0.05, 0.1) is 11.4 Å². The fourth-order valence-corrected chi connectivity index (χ4v) is 2.89. The highest BCUT2D eigenvalue weighted by atomic mass is 14.7. The van der Waals surface area contributed by atoms with Crippen LogP contribution >= 0.6 is 0 Å². The summed E-state index contributed by atoms with van der Waals surface area (Å²) in [6.07, 6.45) is 20.7. The van der Waals surface area contributed by atoms with E-state index in [1.54, 1.807) is 0 Å². The molecule has 1 nitrogen and oxygen atoms in total. The predicted molar refractivity (Wildman–Crippen MR) is 162 cm³/mol. The lowest BCUT2D eigenvalue weighted by Gasteiger charge is -2.12. The molecule has 0 unspecified atom stereocenters. The molecular weight excluding hydrogens is 410 g/mol. The van der Waals surface area contributed by atoms with Crippen LogP contribution in [0.25, 0.3) is 16.7 Å². The summed E-state index contributed by atoms with van der Waals surface area (Å²) in [4.78, 5) is 5.00. The highest BCUT2D eigenvalue weighted by Crippen LogP contribution is 2.27. The summed E-state index contributed by atoms with van der Waals surface area (Å²) in [5, 5.41) is 0. The van der Waals surface area contributed by atoms with Crippen molar-refractivity contribution < 1.29 is 0 Å². The van der Waals surface area contributed by atoms with E-state index < -0.39 is 0 Å². The minimum absolute atomic E-state index is 0.422. The number of pyridine rings is 1. The Bertz CT molecular complexity index is 811. The first-order chi connectivity index (χ1) is 16.5. The topological polar surface area (TPSA) is 12.9 Å². The van der Waals surface area contributed by atoms with Crippen molar-refractivity contribution in [2.24, 2.45) is 5.92 Å². The molecule has 0 radical (unpaired) electrons. The number of nitrogens with zero attached hydrogens (tertiary/aromatic N) is 1. The third-order valence-corrected chi connectivity index (χ3v) is 4.08. The highest BCUT2D eigenvalue weighted by Gasteiger charge is 2.10. The third kappa shape index (κ3) is 14.5. The number of hydrogen-bond acceptors (Lipinski definition) is 1. The lowest BCUT2D eigenvalue weighted by atomic mass is 9.97. The molecule has 0 fully saturated rings. The predicted octanol–water partition coefficient (Wildman–Crippen LogP) is 11.3. The zero-order chi connectivity index (χ0) is 26.9. The summed E-state index contributed by atoms with van der Waals surface area (Å²) in [7, 11) is 0. The molecule has 0 saturated heterocycles. The zero-order valence-corrected chi connectivity index (χ0v) is 24.2. The second-order valence-corrected chi connectivity index (χ2v) is 6.93. The van der Waals surface area contributed by atoms with Gasteiger partial charge in [-0.15, -0.1) is 0 Å². The van der Waals surface area contributed by atoms with Gasteiger partial charge in [-0.2, -0.15) is 0 Å². The van der Waals surface area contributed by atoms with Crippen molar-refractivity contribution in [2.75, 3.05) is 0 Å². The minimum Gasteiger partial charge on any atom is -0.248 e. The molecule has 1 rings (SSSR count). The summed E-state index contributed by atoms with van der Waals surface area (Å²) >= 11 is 0. The molecule has 0 amide bonds. The number of aromatic nitrogens is 1. The average Bonchev–Trinajstić information content (AvgIpc) is 2.88. The zero-order valence-electron chi connectivity index (χ0n) is 24.2. The quantitative estimate of drug-likeness (QED) is 0.314. The summed E-state index contributed by atoms with van der Waals surface area (Å²) in [5.41, 5.74) is 6.38. The summed E-state index contributed by atoms with van der Waals surface area (Å²) in [5.74, 6) is 0.422. The average molecular weight is 464 g/mol. The van der Waals surface area contributed by atoms with E-state index in [2.05, 4.69) is 83.4 Å². The van der Waals surface area contributed by atoms with Gasteiger partial charge in [-0.1, -0.05) is 137 Å². The fraction of sp³-hybridized carbons (Fsp3) is 0.424. The van der Waals surface area contributed by atoms with E-state index in [1.807, 2.05) is 72.8 Å². The van der Waals surface area contributed by atoms with Crippen LogP contribution in [-0.2, 0) is 0 Å². The molecule has 0 atom stereocenters. The lowest BCUT2D eigenvalue weighted by molar-refractivity contribution is 0.833. The van der Waals surface area contributed by atoms with Gasteiger partial charge >= 0.3 is 0 Å². The Morgan fingerprint density at radius 1 is 0.853 bits per heavy atom. The van der Waals surface area contributed by atoms with E-state index in [4.69, 9.17) is 4.98 Å². The second-order valence-electron chi connectivity index (χ2n) is 6.93. The molecule has 190 valence electrons. The molecule has 0 saturated carbocycles. The van der Waals surface area contributed by atoms with Crippen LogP contribution in [0.4, 0.5) is 0 Å². The number of hydrogen-bond donors (Lipinski definition) is 0. The summed E-state index contributed by atoms with van der Waals surface area (Å²) < 4.78 is 0. The van der Waals surface area contributed by atoms with E-state index in [0.29, 0.717) is 5.92 Å². The van der Waals surface area contributed by atoms with Gasteiger partial charge in [-0.3, -0.25) is 0 Å². The van der Waals surface area contributed by atoms with Gasteiger partial charge in [0, 0.05) is 0 Å². The summed E-state index contributed by atoms with van der Waals surface area (Å²) in [6.45, 7) is 30.6. The van der Waals surface area contributed by atoms with E-state index >= 15 is 0 Å². The SMILES string of the molecule is C=C/C=C(\C=C/C)c1cc(/C(C=C)=C/C(C)C)nc(C(/C=C\CC)=C/CC)c1.CC.CC.CC. The van der Waals surface area contributed by atoms with Crippen LogP contribution in [0.3, 0.4) is 0 Å². The molecule has 0 aliphatic rings. The Morgan fingerprint density at radius 3 is 1.82 bits per heavy atom. The van der Waals surface area contributed by atoms with E-state index in [0.717, 1.165) is 46.5 Å².